The van der Waals surface area contributed by atoms with Crippen LogP contribution in [0.2, 0.25) is 0 Å². The molecular formula is C23H19N. The maximum atomic E-state index is 5.20. The van der Waals surface area contributed by atoms with Crippen molar-refractivity contribution >= 4 is 11.4 Å². The molecule has 0 aliphatic heterocycles. The van der Waals surface area contributed by atoms with Crippen LogP contribution < -0.4 is 4.90 Å². The molecule has 0 amide bonds. The molecule has 0 N–H and O–H groups in total. The molecule has 116 valence electrons. The van der Waals surface area contributed by atoms with Gasteiger partial charge in [0.15, 0.2) is 0 Å². The van der Waals surface area contributed by atoms with Crippen molar-refractivity contribution in [2.45, 2.75) is 18.9 Å². The van der Waals surface area contributed by atoms with Gasteiger partial charge in [0.05, 0.1) is 5.54 Å². The monoisotopic (exact) mass is 309 g/mol. The molecule has 0 heterocycles. The first-order valence-electron chi connectivity index (χ1n) is 7.99. The number of hydrogen-bond acceptors (Lipinski definition) is 1. The van der Waals surface area contributed by atoms with E-state index in [1.165, 1.54) is 5.69 Å². The van der Waals surface area contributed by atoms with Crippen molar-refractivity contribution in [1.29, 1.82) is 0 Å². The van der Waals surface area contributed by atoms with Gasteiger partial charge >= 0.3 is 0 Å². The molecule has 0 spiro atoms. The Hall–Kier alpha value is -3.16. The Kier molecular flexibility index (Phi) is 4.55. The maximum Gasteiger partial charge on any atom is 0.0642 e. The minimum absolute atomic E-state index is 0.109. The van der Waals surface area contributed by atoms with Gasteiger partial charge in [-0.05, 0) is 61.6 Å². The number of terminal acetylenes is 1. The molecule has 2 aromatic carbocycles. The molecule has 2 aromatic rings. The van der Waals surface area contributed by atoms with E-state index in [0.29, 0.717) is 0 Å². The summed E-state index contributed by atoms with van der Waals surface area (Å²) >= 11 is 0. The zero-order chi connectivity index (χ0) is 16.8. The smallest absolute Gasteiger partial charge is 0.0642 e. The van der Waals surface area contributed by atoms with Crippen LogP contribution in [0.3, 0.4) is 0 Å². The molecule has 0 bridgehead atoms. The first kappa shape index (κ1) is 15.7. The van der Waals surface area contributed by atoms with Crippen molar-refractivity contribution in [3.05, 3.63) is 84.5 Å². The number of anilines is 2. The second kappa shape index (κ2) is 6.95. The number of nitrogens with zero attached hydrogens (tertiary/aromatic N) is 1. The second-order valence-corrected chi connectivity index (χ2v) is 5.96. The fourth-order valence-corrected chi connectivity index (χ4v) is 3.00. The van der Waals surface area contributed by atoms with E-state index in [0.717, 1.165) is 17.7 Å². The SMILES string of the molecule is C#CC#Cc1ccc(N(c2ccccc2)C2(C)C=CC=CC2)cc1. The van der Waals surface area contributed by atoms with Gasteiger partial charge in [-0.25, -0.2) is 0 Å². The van der Waals surface area contributed by atoms with Crippen LogP contribution in [0, 0.1) is 24.2 Å². The lowest BCUT2D eigenvalue weighted by Crippen LogP contribution is -2.42. The third-order valence-corrected chi connectivity index (χ3v) is 4.16. The molecule has 3 rings (SSSR count). The summed E-state index contributed by atoms with van der Waals surface area (Å²) in [5.74, 6) is 7.97. The minimum Gasteiger partial charge on any atom is -0.332 e. The minimum atomic E-state index is -0.109. The molecule has 1 aliphatic carbocycles. The number of allylic oxidation sites excluding steroid dienone is 2. The van der Waals surface area contributed by atoms with Gasteiger partial charge in [-0.2, -0.15) is 0 Å². The summed E-state index contributed by atoms with van der Waals surface area (Å²) in [5.41, 5.74) is 3.12. The highest BCUT2D eigenvalue weighted by atomic mass is 15.2. The number of benzene rings is 2. The van der Waals surface area contributed by atoms with Crippen molar-refractivity contribution in [1.82, 2.24) is 0 Å². The van der Waals surface area contributed by atoms with Crippen LogP contribution in [0.4, 0.5) is 11.4 Å². The average molecular weight is 309 g/mol. The fraction of sp³-hybridized carbons (Fsp3) is 0.130. The van der Waals surface area contributed by atoms with Crippen molar-refractivity contribution in [3.63, 3.8) is 0 Å². The summed E-state index contributed by atoms with van der Waals surface area (Å²) in [6, 6.07) is 18.7. The van der Waals surface area contributed by atoms with Gasteiger partial charge in [-0.15, -0.1) is 6.42 Å². The number of para-hydroxylation sites is 1. The third kappa shape index (κ3) is 3.27. The molecule has 0 saturated heterocycles. The Bertz CT molecular complexity index is 854. The van der Waals surface area contributed by atoms with Crippen LogP contribution in [-0.4, -0.2) is 5.54 Å². The van der Waals surface area contributed by atoms with E-state index in [9.17, 15) is 0 Å². The zero-order valence-corrected chi connectivity index (χ0v) is 13.7. The van der Waals surface area contributed by atoms with Gasteiger partial charge in [0, 0.05) is 16.9 Å². The van der Waals surface area contributed by atoms with Crippen LogP contribution in [0.1, 0.15) is 18.9 Å². The van der Waals surface area contributed by atoms with Gasteiger partial charge in [0.1, 0.15) is 0 Å². The molecular weight excluding hydrogens is 290 g/mol. The van der Waals surface area contributed by atoms with E-state index < -0.39 is 0 Å². The highest BCUT2D eigenvalue weighted by molar-refractivity contribution is 5.68. The number of hydrogen-bond donors (Lipinski definition) is 0. The lowest BCUT2D eigenvalue weighted by atomic mass is 9.90. The summed E-state index contributed by atoms with van der Waals surface area (Å²) in [4.78, 5) is 2.37. The molecule has 0 aromatic heterocycles. The van der Waals surface area contributed by atoms with E-state index in [4.69, 9.17) is 6.42 Å². The second-order valence-electron chi connectivity index (χ2n) is 5.96. The highest BCUT2D eigenvalue weighted by Crippen LogP contribution is 2.37. The standard InChI is InChI=1S/C23H19N/c1-3-4-11-20-14-16-22(17-15-20)24(21-12-7-5-8-13-21)23(2)18-9-6-10-19-23/h1,5-10,12-18H,19H2,2H3. The first-order valence-corrected chi connectivity index (χ1v) is 7.99. The molecule has 24 heavy (non-hydrogen) atoms. The highest BCUT2D eigenvalue weighted by Gasteiger charge is 2.30. The topological polar surface area (TPSA) is 3.24 Å². The van der Waals surface area contributed by atoms with E-state index in [1.54, 1.807) is 0 Å². The Balaban J connectivity index is 2.04. The van der Waals surface area contributed by atoms with Crippen LogP contribution in [0.15, 0.2) is 78.9 Å². The summed E-state index contributed by atoms with van der Waals surface area (Å²) < 4.78 is 0. The fourth-order valence-electron chi connectivity index (χ4n) is 3.00. The Morgan fingerprint density at radius 2 is 1.67 bits per heavy atom. The summed E-state index contributed by atoms with van der Waals surface area (Å²) in [7, 11) is 0. The normalized spacial score (nSPS) is 18.3. The third-order valence-electron chi connectivity index (χ3n) is 4.16. The zero-order valence-electron chi connectivity index (χ0n) is 13.7. The predicted molar refractivity (Wildman–Crippen MR) is 102 cm³/mol. The maximum absolute atomic E-state index is 5.20. The van der Waals surface area contributed by atoms with Crippen LogP contribution in [-0.2, 0) is 0 Å². The van der Waals surface area contributed by atoms with Gasteiger partial charge < -0.3 is 4.90 Å². The summed E-state index contributed by atoms with van der Waals surface area (Å²) in [6.07, 6.45) is 14.8. The van der Waals surface area contributed by atoms with E-state index in [-0.39, 0.29) is 5.54 Å². The van der Waals surface area contributed by atoms with Crippen molar-refractivity contribution in [2.24, 2.45) is 0 Å². The Labute approximate surface area is 144 Å². The quantitative estimate of drug-likeness (QED) is 0.714. The van der Waals surface area contributed by atoms with E-state index in [2.05, 4.69) is 90.3 Å². The molecule has 1 heteroatoms. The van der Waals surface area contributed by atoms with Crippen LogP contribution in [0.5, 0.6) is 0 Å². The Morgan fingerprint density at radius 1 is 0.958 bits per heavy atom. The molecule has 1 unspecified atom stereocenters. The van der Waals surface area contributed by atoms with E-state index in [1.807, 2.05) is 18.2 Å². The molecule has 1 atom stereocenters. The van der Waals surface area contributed by atoms with Crippen LogP contribution >= 0.6 is 0 Å². The summed E-state index contributed by atoms with van der Waals surface area (Å²) in [5, 5.41) is 0. The van der Waals surface area contributed by atoms with Gasteiger partial charge in [-0.3, -0.25) is 0 Å². The molecule has 1 aliphatic rings. The van der Waals surface area contributed by atoms with Crippen molar-refractivity contribution in [3.8, 4) is 24.2 Å². The lowest BCUT2D eigenvalue weighted by Gasteiger charge is -2.41. The van der Waals surface area contributed by atoms with E-state index >= 15 is 0 Å². The first-order chi connectivity index (χ1) is 11.7. The largest absolute Gasteiger partial charge is 0.332 e. The van der Waals surface area contributed by atoms with Gasteiger partial charge in [0.2, 0.25) is 0 Å². The number of rotatable bonds is 3. The van der Waals surface area contributed by atoms with Gasteiger partial charge in [0.25, 0.3) is 0 Å². The van der Waals surface area contributed by atoms with Crippen LogP contribution in [0.25, 0.3) is 0 Å². The average Bonchev–Trinajstić information content (AvgIpc) is 2.62. The molecule has 0 radical (unpaired) electrons. The summed E-state index contributed by atoms with van der Waals surface area (Å²) in [6.45, 7) is 2.26. The molecule has 0 saturated carbocycles. The Morgan fingerprint density at radius 3 is 2.29 bits per heavy atom. The lowest BCUT2D eigenvalue weighted by molar-refractivity contribution is 0.570. The predicted octanol–water partition coefficient (Wildman–Crippen LogP) is 5.08. The van der Waals surface area contributed by atoms with Gasteiger partial charge in [-0.1, -0.05) is 48.4 Å². The molecule has 1 nitrogen and oxygen atoms in total. The molecule has 0 fully saturated rings. The van der Waals surface area contributed by atoms with Crippen molar-refractivity contribution in [2.75, 3.05) is 4.90 Å². The van der Waals surface area contributed by atoms with Crippen molar-refractivity contribution < 1.29 is 0 Å².